The predicted octanol–water partition coefficient (Wildman–Crippen LogP) is 2.34. The standard InChI is InChI=1S/C21H26FN3O4S/c1-16(29-18-10-8-17(9-11-18)23(2)30(3,27)28)21(26)25-14-12-24(13-15-25)20-7-5-4-6-19(20)22/h4-11,16H,12-15H2,1-3H3/t16-/m0/s1. The highest BCUT2D eigenvalue weighted by Crippen LogP contribution is 2.23. The number of sulfonamides is 1. The molecule has 0 aliphatic carbocycles. The highest BCUT2D eigenvalue weighted by Gasteiger charge is 2.27. The number of anilines is 2. The van der Waals surface area contributed by atoms with Crippen LogP contribution < -0.4 is 13.9 Å². The van der Waals surface area contributed by atoms with Crippen molar-refractivity contribution in [1.82, 2.24) is 4.90 Å². The van der Waals surface area contributed by atoms with Gasteiger partial charge in [-0.1, -0.05) is 12.1 Å². The van der Waals surface area contributed by atoms with Gasteiger partial charge in [-0.3, -0.25) is 9.10 Å². The summed E-state index contributed by atoms with van der Waals surface area (Å²) in [6.45, 7) is 3.75. The van der Waals surface area contributed by atoms with Crippen molar-refractivity contribution >= 4 is 27.3 Å². The molecule has 1 fully saturated rings. The van der Waals surface area contributed by atoms with Crippen molar-refractivity contribution in [2.45, 2.75) is 13.0 Å². The molecule has 1 heterocycles. The average molecular weight is 436 g/mol. The Hall–Kier alpha value is -2.81. The Bertz CT molecular complexity index is 990. The summed E-state index contributed by atoms with van der Waals surface area (Å²) in [5, 5.41) is 0. The summed E-state index contributed by atoms with van der Waals surface area (Å²) in [7, 11) is -1.87. The molecule has 9 heteroatoms. The number of hydrogen-bond donors (Lipinski definition) is 0. The summed E-state index contributed by atoms with van der Waals surface area (Å²) in [6, 6.07) is 13.1. The number of benzene rings is 2. The third kappa shape index (κ3) is 5.02. The zero-order chi connectivity index (χ0) is 21.9. The monoisotopic (exact) mass is 435 g/mol. The maximum absolute atomic E-state index is 14.0. The molecule has 0 aromatic heterocycles. The molecular formula is C21H26FN3O4S. The number of halogens is 1. The Kier molecular flexibility index (Phi) is 6.50. The van der Waals surface area contributed by atoms with E-state index in [2.05, 4.69) is 0 Å². The van der Waals surface area contributed by atoms with Crippen LogP contribution in [0.5, 0.6) is 5.75 Å². The van der Waals surface area contributed by atoms with Gasteiger partial charge in [-0.05, 0) is 43.3 Å². The Morgan fingerprint density at radius 3 is 2.23 bits per heavy atom. The number of ether oxygens (including phenoxy) is 1. The number of hydrogen-bond acceptors (Lipinski definition) is 5. The molecule has 0 spiro atoms. The average Bonchev–Trinajstić information content (AvgIpc) is 2.73. The van der Waals surface area contributed by atoms with E-state index in [9.17, 15) is 17.6 Å². The van der Waals surface area contributed by atoms with Crippen LogP contribution in [-0.4, -0.2) is 64.8 Å². The first-order valence-corrected chi connectivity index (χ1v) is 11.5. The van der Waals surface area contributed by atoms with E-state index in [1.807, 2.05) is 4.90 Å². The minimum absolute atomic E-state index is 0.138. The van der Waals surface area contributed by atoms with E-state index in [1.54, 1.807) is 54.3 Å². The molecule has 30 heavy (non-hydrogen) atoms. The summed E-state index contributed by atoms with van der Waals surface area (Å²) in [4.78, 5) is 16.4. The zero-order valence-electron chi connectivity index (χ0n) is 17.3. The number of rotatable bonds is 6. The topological polar surface area (TPSA) is 70.2 Å². The molecule has 1 saturated heterocycles. The van der Waals surface area contributed by atoms with E-state index in [0.29, 0.717) is 43.3 Å². The lowest BCUT2D eigenvalue weighted by Gasteiger charge is -2.37. The molecule has 1 atom stereocenters. The molecule has 0 radical (unpaired) electrons. The molecule has 0 N–H and O–H groups in total. The lowest BCUT2D eigenvalue weighted by Crippen LogP contribution is -2.52. The van der Waals surface area contributed by atoms with E-state index in [0.717, 1.165) is 6.26 Å². The van der Waals surface area contributed by atoms with Crippen molar-refractivity contribution in [1.29, 1.82) is 0 Å². The predicted molar refractivity (Wildman–Crippen MR) is 115 cm³/mol. The maximum Gasteiger partial charge on any atom is 0.263 e. The van der Waals surface area contributed by atoms with Gasteiger partial charge in [-0.15, -0.1) is 0 Å². The third-order valence-electron chi connectivity index (χ3n) is 5.14. The van der Waals surface area contributed by atoms with Gasteiger partial charge in [0.1, 0.15) is 11.6 Å². The number of para-hydroxylation sites is 1. The van der Waals surface area contributed by atoms with E-state index in [4.69, 9.17) is 4.74 Å². The van der Waals surface area contributed by atoms with Crippen LogP contribution in [0.3, 0.4) is 0 Å². The molecule has 1 aliphatic heterocycles. The lowest BCUT2D eigenvalue weighted by molar-refractivity contribution is -0.138. The van der Waals surface area contributed by atoms with Crippen molar-refractivity contribution in [3.05, 3.63) is 54.3 Å². The Balaban J connectivity index is 1.56. The zero-order valence-corrected chi connectivity index (χ0v) is 18.1. The fourth-order valence-electron chi connectivity index (χ4n) is 3.31. The highest BCUT2D eigenvalue weighted by molar-refractivity contribution is 7.92. The van der Waals surface area contributed by atoms with Crippen LogP contribution in [0.25, 0.3) is 0 Å². The molecule has 1 amide bonds. The van der Waals surface area contributed by atoms with Gasteiger partial charge in [0.25, 0.3) is 5.91 Å². The summed E-state index contributed by atoms with van der Waals surface area (Å²) < 4.78 is 44.1. The Labute approximate surface area is 176 Å². The number of nitrogens with zero attached hydrogens (tertiary/aromatic N) is 3. The molecule has 162 valence electrons. The van der Waals surface area contributed by atoms with Gasteiger partial charge in [-0.2, -0.15) is 0 Å². The van der Waals surface area contributed by atoms with Crippen LogP contribution >= 0.6 is 0 Å². The molecule has 2 aromatic rings. The summed E-state index contributed by atoms with van der Waals surface area (Å²) in [5.74, 6) is 0.0750. The van der Waals surface area contributed by atoms with Crippen LogP contribution in [-0.2, 0) is 14.8 Å². The van der Waals surface area contributed by atoms with Crippen molar-refractivity contribution < 1.29 is 22.3 Å². The Morgan fingerprint density at radius 2 is 1.67 bits per heavy atom. The van der Waals surface area contributed by atoms with Gasteiger partial charge in [0, 0.05) is 33.2 Å². The number of carbonyl (C=O) groups is 1. The van der Waals surface area contributed by atoms with Crippen molar-refractivity contribution in [2.24, 2.45) is 0 Å². The molecule has 0 saturated carbocycles. The summed E-state index contributed by atoms with van der Waals surface area (Å²) >= 11 is 0. The fraction of sp³-hybridized carbons (Fsp3) is 0.381. The van der Waals surface area contributed by atoms with Crippen molar-refractivity contribution in [3.8, 4) is 5.75 Å². The normalized spacial score (nSPS) is 15.6. The molecule has 1 aliphatic rings. The summed E-state index contributed by atoms with van der Waals surface area (Å²) in [6.07, 6.45) is 0.438. The minimum Gasteiger partial charge on any atom is -0.481 e. The van der Waals surface area contributed by atoms with Crippen LogP contribution in [0.15, 0.2) is 48.5 Å². The van der Waals surface area contributed by atoms with Crippen LogP contribution in [0, 0.1) is 5.82 Å². The second kappa shape index (κ2) is 8.91. The van der Waals surface area contributed by atoms with E-state index < -0.39 is 16.1 Å². The van der Waals surface area contributed by atoms with Crippen LogP contribution in [0.4, 0.5) is 15.8 Å². The Morgan fingerprint density at radius 1 is 1.07 bits per heavy atom. The lowest BCUT2D eigenvalue weighted by atomic mass is 10.2. The molecule has 2 aromatic carbocycles. The first-order valence-electron chi connectivity index (χ1n) is 9.65. The van der Waals surface area contributed by atoms with Gasteiger partial charge in [0.15, 0.2) is 6.10 Å². The fourth-order valence-corrected chi connectivity index (χ4v) is 3.82. The SMILES string of the molecule is C[C@H](Oc1ccc(N(C)S(C)(=O)=O)cc1)C(=O)N1CCN(c2ccccc2F)CC1. The second-order valence-corrected chi connectivity index (χ2v) is 9.26. The van der Waals surface area contributed by atoms with E-state index in [-0.39, 0.29) is 11.7 Å². The molecular weight excluding hydrogens is 409 g/mol. The first kappa shape index (κ1) is 21.9. The highest BCUT2D eigenvalue weighted by atomic mass is 32.2. The second-order valence-electron chi connectivity index (χ2n) is 7.25. The van der Waals surface area contributed by atoms with Gasteiger partial charge < -0.3 is 14.5 Å². The van der Waals surface area contributed by atoms with E-state index >= 15 is 0 Å². The summed E-state index contributed by atoms with van der Waals surface area (Å²) in [5.41, 5.74) is 1.06. The quantitative estimate of drug-likeness (QED) is 0.697. The smallest absolute Gasteiger partial charge is 0.263 e. The molecule has 7 nitrogen and oxygen atoms in total. The molecule has 3 rings (SSSR count). The van der Waals surface area contributed by atoms with Crippen LogP contribution in [0.2, 0.25) is 0 Å². The van der Waals surface area contributed by atoms with Gasteiger partial charge in [-0.25, -0.2) is 12.8 Å². The van der Waals surface area contributed by atoms with Crippen molar-refractivity contribution in [3.63, 3.8) is 0 Å². The number of piperazine rings is 1. The third-order valence-corrected chi connectivity index (χ3v) is 6.35. The van der Waals surface area contributed by atoms with Crippen molar-refractivity contribution in [2.75, 3.05) is 48.7 Å². The molecule has 0 unspecified atom stereocenters. The van der Waals surface area contributed by atoms with Gasteiger partial charge in [0.05, 0.1) is 17.6 Å². The van der Waals surface area contributed by atoms with Crippen LogP contribution in [0.1, 0.15) is 6.92 Å². The van der Waals surface area contributed by atoms with Gasteiger partial charge >= 0.3 is 0 Å². The first-order chi connectivity index (χ1) is 14.2. The maximum atomic E-state index is 14.0. The number of carbonyl (C=O) groups excluding carboxylic acids is 1. The van der Waals surface area contributed by atoms with E-state index in [1.165, 1.54) is 17.4 Å². The molecule has 0 bridgehead atoms. The number of amides is 1. The largest absolute Gasteiger partial charge is 0.481 e. The minimum atomic E-state index is -3.34. The van der Waals surface area contributed by atoms with Gasteiger partial charge in [0.2, 0.25) is 10.0 Å².